The van der Waals surface area contributed by atoms with E-state index in [0.29, 0.717) is 34.2 Å². The zero-order chi connectivity index (χ0) is 21.1. The van der Waals surface area contributed by atoms with Gasteiger partial charge in [-0.15, -0.1) is 0 Å². The number of carbonyl (C=O) groups excluding carboxylic acids is 2. The van der Waals surface area contributed by atoms with Gasteiger partial charge in [0.1, 0.15) is 0 Å². The summed E-state index contributed by atoms with van der Waals surface area (Å²) in [6.07, 6.45) is 7.41. The van der Waals surface area contributed by atoms with Crippen LogP contribution >= 0.6 is 11.8 Å². The van der Waals surface area contributed by atoms with E-state index in [-0.39, 0.29) is 17.4 Å². The molecule has 0 saturated heterocycles. The number of amides is 2. The molecule has 6 nitrogen and oxygen atoms in total. The van der Waals surface area contributed by atoms with E-state index in [1.165, 1.54) is 62.1 Å². The normalized spacial score (nSPS) is 16.1. The first-order valence-corrected chi connectivity index (χ1v) is 11.1. The Morgan fingerprint density at radius 3 is 2.57 bits per heavy atom. The van der Waals surface area contributed by atoms with Crippen LogP contribution in [0.4, 0.5) is 5.69 Å². The number of aromatic carboxylic acids is 1. The van der Waals surface area contributed by atoms with E-state index in [9.17, 15) is 19.5 Å². The zero-order valence-corrected chi connectivity index (χ0v) is 17.4. The molecule has 4 rings (SSSR count). The molecule has 0 unspecified atom stereocenters. The van der Waals surface area contributed by atoms with Crippen molar-refractivity contribution >= 4 is 35.2 Å². The second-order valence-electron chi connectivity index (χ2n) is 7.83. The number of hydrogen-bond acceptors (Lipinski definition) is 4. The second kappa shape index (κ2) is 8.92. The van der Waals surface area contributed by atoms with Crippen molar-refractivity contribution in [2.24, 2.45) is 5.92 Å². The van der Waals surface area contributed by atoms with Crippen LogP contribution in [0.5, 0.6) is 0 Å². The maximum absolute atomic E-state index is 12.6. The van der Waals surface area contributed by atoms with Gasteiger partial charge in [-0.2, -0.15) is 0 Å². The van der Waals surface area contributed by atoms with Gasteiger partial charge in [0.25, 0.3) is 11.8 Å². The second-order valence-corrected chi connectivity index (χ2v) is 8.92. The van der Waals surface area contributed by atoms with Crippen LogP contribution in [0.2, 0.25) is 0 Å². The number of hydrogen-bond donors (Lipinski definition) is 3. The maximum Gasteiger partial charge on any atom is 0.335 e. The summed E-state index contributed by atoms with van der Waals surface area (Å²) in [4.78, 5) is 37.8. The number of anilines is 1. The van der Waals surface area contributed by atoms with Crippen LogP contribution in [0.15, 0.2) is 46.2 Å². The highest BCUT2D eigenvalue weighted by Crippen LogP contribution is 2.39. The fourth-order valence-corrected chi connectivity index (χ4v) is 5.11. The van der Waals surface area contributed by atoms with Gasteiger partial charge in [-0.3, -0.25) is 9.59 Å². The predicted molar refractivity (Wildman–Crippen MR) is 115 cm³/mol. The molecule has 30 heavy (non-hydrogen) atoms. The van der Waals surface area contributed by atoms with Crippen molar-refractivity contribution in [3.63, 3.8) is 0 Å². The molecule has 156 valence electrons. The Labute approximate surface area is 179 Å². The summed E-state index contributed by atoms with van der Waals surface area (Å²) >= 11 is 1.32. The molecule has 0 aromatic heterocycles. The number of carbonyl (C=O) groups is 3. The molecule has 2 aromatic carbocycles. The van der Waals surface area contributed by atoms with Gasteiger partial charge in [-0.05, 0) is 48.7 Å². The lowest BCUT2D eigenvalue weighted by Gasteiger charge is -2.21. The average molecular weight is 425 g/mol. The molecular formula is C23H24N2O4S. The minimum absolute atomic E-state index is 0.131. The lowest BCUT2D eigenvalue weighted by molar-refractivity contribution is 0.0695. The number of carboxylic acids is 1. The Hall–Kier alpha value is -2.80. The van der Waals surface area contributed by atoms with Crippen LogP contribution < -0.4 is 10.6 Å². The van der Waals surface area contributed by atoms with Gasteiger partial charge in [0.05, 0.1) is 16.8 Å². The fraction of sp³-hybridized carbons (Fsp3) is 0.348. The summed E-state index contributed by atoms with van der Waals surface area (Å²) in [6.45, 7) is 0.658. The van der Waals surface area contributed by atoms with Gasteiger partial charge >= 0.3 is 5.97 Å². The zero-order valence-electron chi connectivity index (χ0n) is 16.6. The van der Waals surface area contributed by atoms with Crippen molar-refractivity contribution in [2.45, 2.75) is 48.3 Å². The highest BCUT2D eigenvalue weighted by molar-refractivity contribution is 7.99. The van der Waals surface area contributed by atoms with Crippen LogP contribution in [0.25, 0.3) is 0 Å². The van der Waals surface area contributed by atoms with Crippen molar-refractivity contribution in [1.82, 2.24) is 5.32 Å². The van der Waals surface area contributed by atoms with Crippen molar-refractivity contribution in [3.05, 3.63) is 53.1 Å². The molecule has 0 atom stereocenters. The summed E-state index contributed by atoms with van der Waals surface area (Å²) in [7, 11) is 0. The third kappa shape index (κ3) is 4.51. The maximum atomic E-state index is 12.6. The predicted octanol–water partition coefficient (Wildman–Crippen LogP) is 4.80. The summed E-state index contributed by atoms with van der Waals surface area (Å²) in [6, 6.07) is 9.65. The Bertz CT molecular complexity index is 999. The molecule has 1 aliphatic carbocycles. The molecule has 0 radical (unpaired) electrons. The number of benzene rings is 2. The Kier molecular flexibility index (Phi) is 6.08. The SMILES string of the molecule is O=C(O)c1ccc2c(c1)Sc1ccc(C(=O)NCCC3CCCCC3)cc1NC2=O. The van der Waals surface area contributed by atoms with Gasteiger partial charge in [-0.1, -0.05) is 43.9 Å². The first-order valence-electron chi connectivity index (χ1n) is 10.3. The van der Waals surface area contributed by atoms with Crippen LogP contribution in [0, 0.1) is 5.92 Å². The Morgan fingerprint density at radius 2 is 1.80 bits per heavy atom. The molecule has 0 bridgehead atoms. The van der Waals surface area contributed by atoms with Gasteiger partial charge < -0.3 is 15.7 Å². The third-order valence-electron chi connectivity index (χ3n) is 5.75. The van der Waals surface area contributed by atoms with Crippen LogP contribution in [0.1, 0.15) is 69.6 Å². The quantitative estimate of drug-likeness (QED) is 0.641. The Morgan fingerprint density at radius 1 is 1.03 bits per heavy atom. The molecule has 1 fully saturated rings. The number of fused-ring (bicyclic) bond motifs is 2. The molecule has 0 spiro atoms. The topological polar surface area (TPSA) is 95.5 Å². The minimum atomic E-state index is -1.04. The average Bonchev–Trinajstić information content (AvgIpc) is 2.89. The monoisotopic (exact) mass is 424 g/mol. The lowest BCUT2D eigenvalue weighted by atomic mass is 9.87. The van der Waals surface area contributed by atoms with Crippen LogP contribution in [-0.4, -0.2) is 29.4 Å². The van der Waals surface area contributed by atoms with E-state index in [0.717, 1.165) is 11.3 Å². The highest BCUT2D eigenvalue weighted by Gasteiger charge is 2.22. The number of rotatable bonds is 5. The Balaban J connectivity index is 1.46. The van der Waals surface area contributed by atoms with Crippen LogP contribution in [0.3, 0.4) is 0 Å². The molecule has 2 amide bonds. The summed E-state index contributed by atoms with van der Waals surface area (Å²) in [5.41, 5.74) is 1.60. The van der Waals surface area contributed by atoms with Crippen molar-refractivity contribution in [3.8, 4) is 0 Å². The molecular weight excluding hydrogens is 400 g/mol. The fourth-order valence-electron chi connectivity index (χ4n) is 4.06. The molecule has 1 saturated carbocycles. The molecule has 2 aliphatic rings. The van der Waals surface area contributed by atoms with E-state index in [1.54, 1.807) is 18.2 Å². The molecule has 2 aromatic rings. The lowest BCUT2D eigenvalue weighted by Crippen LogP contribution is -2.26. The largest absolute Gasteiger partial charge is 0.478 e. The van der Waals surface area contributed by atoms with Gasteiger partial charge in [0.15, 0.2) is 0 Å². The highest BCUT2D eigenvalue weighted by atomic mass is 32.2. The summed E-state index contributed by atoms with van der Waals surface area (Å²) in [5.74, 6) is -0.801. The summed E-state index contributed by atoms with van der Waals surface area (Å²) in [5, 5.41) is 15.1. The number of carboxylic acid groups (broad SMARTS) is 1. The molecule has 7 heteroatoms. The van der Waals surface area contributed by atoms with Crippen molar-refractivity contribution in [1.29, 1.82) is 0 Å². The third-order valence-corrected chi connectivity index (χ3v) is 6.88. The summed E-state index contributed by atoms with van der Waals surface area (Å²) < 4.78 is 0. The number of nitrogens with one attached hydrogen (secondary N) is 2. The smallest absolute Gasteiger partial charge is 0.335 e. The first kappa shape index (κ1) is 20.5. The van der Waals surface area contributed by atoms with E-state index in [4.69, 9.17) is 0 Å². The van der Waals surface area contributed by atoms with E-state index < -0.39 is 5.97 Å². The van der Waals surface area contributed by atoms with Gasteiger partial charge in [0, 0.05) is 21.9 Å². The molecule has 1 aliphatic heterocycles. The van der Waals surface area contributed by atoms with Crippen LogP contribution in [-0.2, 0) is 0 Å². The van der Waals surface area contributed by atoms with E-state index in [2.05, 4.69) is 10.6 Å². The van der Waals surface area contributed by atoms with Crippen molar-refractivity contribution in [2.75, 3.05) is 11.9 Å². The first-order chi connectivity index (χ1) is 14.5. The van der Waals surface area contributed by atoms with E-state index >= 15 is 0 Å². The molecule has 3 N–H and O–H groups in total. The molecule has 1 heterocycles. The van der Waals surface area contributed by atoms with Gasteiger partial charge in [-0.25, -0.2) is 4.79 Å². The standard InChI is InChI=1S/C23H24N2O4S/c26-21(24-11-10-14-4-2-1-3-5-14)15-7-9-19-18(12-15)25-22(27)17-8-6-16(23(28)29)13-20(17)30-19/h6-9,12-14H,1-5,10-11H2,(H,24,26)(H,25,27)(H,28,29). The minimum Gasteiger partial charge on any atom is -0.478 e. The van der Waals surface area contributed by atoms with Crippen molar-refractivity contribution < 1.29 is 19.5 Å². The van der Waals surface area contributed by atoms with Gasteiger partial charge in [0.2, 0.25) is 0 Å². The van der Waals surface area contributed by atoms with E-state index in [1.807, 2.05) is 0 Å².